The van der Waals surface area contributed by atoms with Gasteiger partial charge in [-0.15, -0.1) is 0 Å². The Bertz CT molecular complexity index is 1210. The molecule has 37 heavy (non-hydrogen) atoms. The van der Waals surface area contributed by atoms with E-state index in [0.29, 0.717) is 42.7 Å². The number of aryl methyl sites for hydroxylation is 2. The molecular weight excluding hydrogens is 467 g/mol. The zero-order chi connectivity index (χ0) is 25.9. The Morgan fingerprint density at radius 3 is 2.59 bits per heavy atom. The van der Waals surface area contributed by atoms with E-state index >= 15 is 0 Å². The molecule has 2 aromatic rings. The van der Waals surface area contributed by atoms with E-state index in [1.165, 1.54) is 0 Å². The smallest absolute Gasteiger partial charge is 0.253 e. The Labute approximate surface area is 218 Å². The molecule has 0 atom stereocenters. The topological polar surface area (TPSA) is 68.4 Å². The highest BCUT2D eigenvalue weighted by atomic mass is 19.1. The molecule has 2 fully saturated rings. The van der Waals surface area contributed by atoms with E-state index in [2.05, 4.69) is 45.2 Å². The summed E-state index contributed by atoms with van der Waals surface area (Å²) < 4.78 is 13.4. The molecule has 2 N–H and O–H groups in total. The summed E-state index contributed by atoms with van der Waals surface area (Å²) in [7, 11) is 0. The predicted molar refractivity (Wildman–Crippen MR) is 146 cm³/mol. The summed E-state index contributed by atoms with van der Waals surface area (Å²) in [4.78, 5) is 33.7. The first-order valence-corrected chi connectivity index (χ1v) is 13.9. The van der Waals surface area contributed by atoms with Crippen LogP contribution in [-0.4, -0.2) is 53.7 Å². The standard InChI is InChI=1S/C30H39FN4O2/c1-3-35(24-14-12-23(13-15-24)34-18-22(31)19-34)28-11-7-10-26-25(28)9-6-4-5-8-21-16-20(2)33-30(37)27(21)17-32-29(26)36/h4,6-7,10-11,16,22-24H,3,5,8-9,12-15,17-19H2,1-2H3,(H,32,36)(H,33,37)/b6-4+/t23-,24-. The fraction of sp³-hybridized carbons (Fsp3) is 0.533. The minimum atomic E-state index is -0.648. The van der Waals surface area contributed by atoms with Crippen LogP contribution in [0.25, 0.3) is 0 Å². The van der Waals surface area contributed by atoms with Gasteiger partial charge in [-0.05, 0) is 88.1 Å². The summed E-state index contributed by atoms with van der Waals surface area (Å²) in [5, 5.41) is 3.03. The van der Waals surface area contributed by atoms with Crippen molar-refractivity contribution in [1.82, 2.24) is 15.2 Å². The number of likely N-dealkylation sites (tertiary alicyclic amines) is 1. The molecule has 6 nitrogen and oxygen atoms in total. The molecule has 1 amide bonds. The number of rotatable bonds is 4. The molecule has 0 spiro atoms. The number of carbonyl (C=O) groups is 1. The second-order valence-electron chi connectivity index (χ2n) is 10.8. The number of allylic oxidation sites excluding steroid dienone is 2. The molecule has 2 aliphatic heterocycles. The minimum absolute atomic E-state index is 0.127. The van der Waals surface area contributed by atoms with Crippen molar-refractivity contribution in [2.75, 3.05) is 24.5 Å². The third-order valence-electron chi connectivity index (χ3n) is 8.39. The first-order valence-electron chi connectivity index (χ1n) is 13.9. The molecule has 1 saturated carbocycles. The van der Waals surface area contributed by atoms with Crippen LogP contribution >= 0.6 is 0 Å². The number of aromatic nitrogens is 1. The number of H-pyrrole nitrogens is 1. The van der Waals surface area contributed by atoms with Gasteiger partial charge < -0.3 is 15.2 Å². The van der Waals surface area contributed by atoms with E-state index in [4.69, 9.17) is 0 Å². The van der Waals surface area contributed by atoms with Gasteiger partial charge in [0.05, 0.1) is 0 Å². The molecule has 0 radical (unpaired) electrons. The number of alkyl halides is 1. The molecule has 198 valence electrons. The van der Waals surface area contributed by atoms with Crippen LogP contribution in [0.2, 0.25) is 0 Å². The lowest BCUT2D eigenvalue weighted by Gasteiger charge is -2.46. The van der Waals surface area contributed by atoms with Gasteiger partial charge in [-0.3, -0.25) is 14.5 Å². The zero-order valence-electron chi connectivity index (χ0n) is 22.1. The summed E-state index contributed by atoms with van der Waals surface area (Å²) in [6.45, 7) is 6.35. The molecule has 7 heteroatoms. The van der Waals surface area contributed by atoms with E-state index in [9.17, 15) is 14.0 Å². The van der Waals surface area contributed by atoms with Crippen molar-refractivity contribution in [3.05, 3.63) is 74.7 Å². The summed E-state index contributed by atoms with van der Waals surface area (Å²) in [5.41, 5.74) is 5.19. The van der Waals surface area contributed by atoms with Crippen molar-refractivity contribution in [2.45, 2.75) is 83.6 Å². The van der Waals surface area contributed by atoms with Gasteiger partial charge in [0.2, 0.25) is 0 Å². The number of halogens is 1. The molecule has 1 aromatic heterocycles. The van der Waals surface area contributed by atoms with E-state index in [0.717, 1.165) is 67.6 Å². The molecule has 0 bridgehead atoms. The number of hydrogen-bond acceptors (Lipinski definition) is 4. The Morgan fingerprint density at radius 2 is 1.86 bits per heavy atom. The highest BCUT2D eigenvalue weighted by Crippen LogP contribution is 2.34. The average molecular weight is 507 g/mol. The van der Waals surface area contributed by atoms with Crippen LogP contribution in [0, 0.1) is 6.92 Å². The SMILES string of the molecule is CCN(c1cccc2c1C/C=C/CCc1cc(C)[nH]c(=O)c1CNC2=O)[C@H]1CC[C@H](N2CC(F)C2)CC1. The van der Waals surface area contributed by atoms with E-state index in [1.54, 1.807) is 0 Å². The summed E-state index contributed by atoms with van der Waals surface area (Å²) >= 11 is 0. The number of carbonyl (C=O) groups excluding carboxylic acids is 1. The molecule has 1 aromatic carbocycles. The van der Waals surface area contributed by atoms with Gasteiger partial charge in [0.25, 0.3) is 11.5 Å². The summed E-state index contributed by atoms with van der Waals surface area (Å²) in [6, 6.07) is 8.95. The van der Waals surface area contributed by atoms with Crippen molar-refractivity contribution in [3.63, 3.8) is 0 Å². The fourth-order valence-electron chi connectivity index (χ4n) is 6.41. The van der Waals surface area contributed by atoms with Gasteiger partial charge in [-0.2, -0.15) is 0 Å². The number of nitrogens with zero attached hydrogens (tertiary/aromatic N) is 2. The number of nitrogens with one attached hydrogen (secondary N) is 2. The van der Waals surface area contributed by atoms with E-state index in [1.807, 2.05) is 25.1 Å². The second-order valence-corrected chi connectivity index (χ2v) is 10.8. The van der Waals surface area contributed by atoms with Crippen LogP contribution in [0.5, 0.6) is 0 Å². The average Bonchev–Trinajstić information content (AvgIpc) is 2.86. The van der Waals surface area contributed by atoms with Gasteiger partial charge in [-0.1, -0.05) is 18.2 Å². The molecule has 3 aliphatic rings. The predicted octanol–water partition coefficient (Wildman–Crippen LogP) is 4.45. The van der Waals surface area contributed by atoms with Gasteiger partial charge in [0.15, 0.2) is 0 Å². The first kappa shape index (κ1) is 25.7. The van der Waals surface area contributed by atoms with Crippen molar-refractivity contribution < 1.29 is 9.18 Å². The third-order valence-corrected chi connectivity index (χ3v) is 8.39. The molecule has 3 heterocycles. The second kappa shape index (κ2) is 11.2. The monoisotopic (exact) mass is 506 g/mol. The zero-order valence-corrected chi connectivity index (χ0v) is 22.1. The number of amides is 1. The van der Waals surface area contributed by atoms with Crippen LogP contribution in [0.1, 0.15) is 71.8 Å². The Morgan fingerprint density at radius 1 is 1.08 bits per heavy atom. The number of hydrogen-bond donors (Lipinski definition) is 2. The minimum Gasteiger partial charge on any atom is -0.369 e. The molecule has 0 unspecified atom stereocenters. The molecule has 5 rings (SSSR count). The number of anilines is 1. The Hall–Kier alpha value is -2.93. The van der Waals surface area contributed by atoms with Gasteiger partial charge in [0.1, 0.15) is 6.17 Å². The third kappa shape index (κ3) is 5.52. The largest absolute Gasteiger partial charge is 0.369 e. The highest BCUT2D eigenvalue weighted by molar-refractivity contribution is 5.97. The number of fused-ring (bicyclic) bond motifs is 2. The Balaban J connectivity index is 1.39. The molecule has 1 aliphatic carbocycles. The van der Waals surface area contributed by atoms with Crippen LogP contribution < -0.4 is 15.8 Å². The van der Waals surface area contributed by atoms with Gasteiger partial charge in [0, 0.05) is 60.8 Å². The van der Waals surface area contributed by atoms with Gasteiger partial charge >= 0.3 is 0 Å². The summed E-state index contributed by atoms with van der Waals surface area (Å²) in [5.74, 6) is -0.143. The quantitative estimate of drug-likeness (QED) is 0.602. The van der Waals surface area contributed by atoms with E-state index in [-0.39, 0.29) is 18.0 Å². The lowest BCUT2D eigenvalue weighted by atomic mass is 9.87. The van der Waals surface area contributed by atoms with Crippen molar-refractivity contribution >= 4 is 11.6 Å². The maximum Gasteiger partial charge on any atom is 0.253 e. The number of pyridine rings is 1. The van der Waals surface area contributed by atoms with E-state index < -0.39 is 6.17 Å². The van der Waals surface area contributed by atoms with Crippen LogP contribution in [0.15, 0.2) is 41.2 Å². The van der Waals surface area contributed by atoms with Crippen LogP contribution in [0.3, 0.4) is 0 Å². The van der Waals surface area contributed by atoms with Crippen molar-refractivity contribution in [2.24, 2.45) is 0 Å². The summed E-state index contributed by atoms with van der Waals surface area (Å²) in [6.07, 6.45) is 10.3. The van der Waals surface area contributed by atoms with Crippen molar-refractivity contribution in [1.29, 1.82) is 0 Å². The number of benzene rings is 1. The molecular formula is C30H39FN4O2. The van der Waals surface area contributed by atoms with Crippen LogP contribution in [-0.2, 0) is 19.4 Å². The molecule has 1 saturated heterocycles. The Kier molecular flexibility index (Phi) is 7.79. The fourth-order valence-corrected chi connectivity index (χ4v) is 6.41. The maximum atomic E-state index is 13.4. The lowest BCUT2D eigenvalue weighted by molar-refractivity contribution is 0.0120. The maximum absolute atomic E-state index is 13.4. The first-order chi connectivity index (χ1) is 17.9. The highest BCUT2D eigenvalue weighted by Gasteiger charge is 2.36. The lowest BCUT2D eigenvalue weighted by Crippen LogP contribution is -2.55. The number of aromatic amines is 1. The van der Waals surface area contributed by atoms with Gasteiger partial charge in [-0.25, -0.2) is 4.39 Å². The van der Waals surface area contributed by atoms with Crippen molar-refractivity contribution in [3.8, 4) is 0 Å². The normalized spacial score (nSPS) is 24.0. The van der Waals surface area contributed by atoms with Crippen LogP contribution in [0.4, 0.5) is 10.1 Å².